The number of ether oxygens (including phenoxy) is 1. The summed E-state index contributed by atoms with van der Waals surface area (Å²) < 4.78 is 5.33. The van der Waals surface area contributed by atoms with Crippen molar-refractivity contribution in [1.82, 2.24) is 10.2 Å². The second-order valence-electron chi connectivity index (χ2n) is 10.7. The number of nitrogens with one attached hydrogen (secondary N) is 2. The maximum Gasteiger partial charge on any atom is 0.408 e. The fourth-order valence-corrected chi connectivity index (χ4v) is 4.45. The topological polar surface area (TPSA) is 151 Å². The lowest BCUT2D eigenvalue weighted by Crippen LogP contribution is -2.52. The Balaban J connectivity index is 2.01. The predicted octanol–water partition coefficient (Wildman–Crippen LogP) is 4.62. The number of rotatable bonds is 11. The van der Waals surface area contributed by atoms with Crippen LogP contribution in [0, 0.1) is 0 Å². The second kappa shape index (κ2) is 13.6. The van der Waals surface area contributed by atoms with Crippen LogP contribution in [-0.4, -0.2) is 52.0 Å². The highest BCUT2D eigenvalue weighted by atomic mass is 16.6. The Morgan fingerprint density at radius 3 is 2.27 bits per heavy atom. The zero-order valence-corrected chi connectivity index (χ0v) is 23.8. The van der Waals surface area contributed by atoms with Crippen molar-refractivity contribution in [2.24, 2.45) is 5.73 Å². The number of anilines is 1. The Bertz CT molecular complexity index is 1400. The van der Waals surface area contributed by atoms with Gasteiger partial charge in [-0.25, -0.2) is 4.79 Å². The molecule has 0 saturated carbocycles. The van der Waals surface area contributed by atoms with Crippen LogP contribution in [0.25, 0.3) is 10.8 Å². The van der Waals surface area contributed by atoms with Gasteiger partial charge in [-0.3, -0.25) is 14.4 Å². The Kier molecular flexibility index (Phi) is 10.3. The van der Waals surface area contributed by atoms with E-state index in [1.165, 1.54) is 11.0 Å². The summed E-state index contributed by atoms with van der Waals surface area (Å²) in [5.74, 6) is -2.01. The van der Waals surface area contributed by atoms with Crippen LogP contribution in [0.2, 0.25) is 0 Å². The molecule has 0 saturated heterocycles. The van der Waals surface area contributed by atoms with Crippen molar-refractivity contribution < 1.29 is 29.0 Å². The maximum atomic E-state index is 14.0. The number of phenols is 1. The van der Waals surface area contributed by atoms with Gasteiger partial charge < -0.3 is 31.1 Å². The van der Waals surface area contributed by atoms with Crippen LogP contribution in [0.3, 0.4) is 0 Å². The molecule has 10 nitrogen and oxygen atoms in total. The standard InChI is InChI=1S/C31H38N4O6/c1-5-18-35(29(39)24(16-17-26(32)37)34-30(40)41-31(2,3)4)27(23-12-8-9-13-25(23)36)28(38)33-22-15-14-20-10-6-7-11-21(20)19-22/h6-15,19,24,27,36H,5,16-18H2,1-4H3,(H2,32,37)(H,33,38)(H,34,40). The van der Waals surface area contributed by atoms with Crippen LogP contribution in [-0.2, 0) is 19.1 Å². The monoisotopic (exact) mass is 562 g/mol. The molecule has 2 atom stereocenters. The minimum atomic E-state index is -1.26. The average Bonchev–Trinajstić information content (AvgIpc) is 2.90. The number of phenolic OH excluding ortho intramolecular Hbond substituents is 1. The molecule has 5 N–H and O–H groups in total. The van der Waals surface area contributed by atoms with Gasteiger partial charge >= 0.3 is 6.09 Å². The van der Waals surface area contributed by atoms with Crippen molar-refractivity contribution in [1.29, 1.82) is 0 Å². The van der Waals surface area contributed by atoms with Gasteiger partial charge in [0.15, 0.2) is 0 Å². The number of benzene rings is 3. The maximum absolute atomic E-state index is 14.0. The average molecular weight is 563 g/mol. The highest BCUT2D eigenvalue weighted by Crippen LogP contribution is 2.31. The lowest BCUT2D eigenvalue weighted by molar-refractivity contribution is -0.141. The number of para-hydroxylation sites is 1. The number of hydrogen-bond donors (Lipinski definition) is 4. The first-order chi connectivity index (χ1) is 19.4. The number of carbonyl (C=O) groups excluding carboxylic acids is 4. The van der Waals surface area contributed by atoms with Gasteiger partial charge in [-0.2, -0.15) is 0 Å². The fourth-order valence-electron chi connectivity index (χ4n) is 4.45. The van der Waals surface area contributed by atoms with Gasteiger partial charge in [0.2, 0.25) is 11.8 Å². The van der Waals surface area contributed by atoms with Crippen molar-refractivity contribution in [3.63, 3.8) is 0 Å². The summed E-state index contributed by atoms with van der Waals surface area (Å²) in [7, 11) is 0. The highest BCUT2D eigenvalue weighted by Gasteiger charge is 2.37. The summed E-state index contributed by atoms with van der Waals surface area (Å²) in [6.07, 6.45) is -0.672. The number of carbonyl (C=O) groups is 4. The summed E-state index contributed by atoms with van der Waals surface area (Å²) in [4.78, 5) is 53.5. The van der Waals surface area contributed by atoms with E-state index >= 15 is 0 Å². The van der Waals surface area contributed by atoms with Crippen LogP contribution in [0.5, 0.6) is 5.75 Å². The van der Waals surface area contributed by atoms with Crippen molar-refractivity contribution >= 4 is 40.3 Å². The lowest BCUT2D eigenvalue weighted by atomic mass is 10.00. The number of aromatic hydroxyl groups is 1. The summed E-state index contributed by atoms with van der Waals surface area (Å²) in [6, 6.07) is 16.9. The molecule has 0 bridgehead atoms. The zero-order valence-electron chi connectivity index (χ0n) is 23.8. The number of fused-ring (bicyclic) bond motifs is 1. The summed E-state index contributed by atoms with van der Waals surface area (Å²) >= 11 is 0. The molecule has 0 aromatic heterocycles. The minimum Gasteiger partial charge on any atom is -0.508 e. The van der Waals surface area contributed by atoms with Gasteiger partial charge in [0.05, 0.1) is 0 Å². The van der Waals surface area contributed by atoms with E-state index in [0.29, 0.717) is 12.1 Å². The molecule has 4 amide bonds. The number of primary amides is 1. The third-order valence-electron chi connectivity index (χ3n) is 6.22. The summed E-state index contributed by atoms with van der Waals surface area (Å²) in [5, 5.41) is 18.1. The lowest BCUT2D eigenvalue weighted by Gasteiger charge is -2.34. The Morgan fingerprint density at radius 2 is 1.63 bits per heavy atom. The Labute approximate surface area is 239 Å². The Morgan fingerprint density at radius 1 is 0.976 bits per heavy atom. The van der Waals surface area contributed by atoms with Gasteiger partial charge in [-0.05, 0) is 62.6 Å². The molecule has 41 heavy (non-hydrogen) atoms. The molecule has 218 valence electrons. The van der Waals surface area contributed by atoms with Crippen molar-refractivity contribution in [2.75, 3.05) is 11.9 Å². The molecule has 3 rings (SSSR count). The van der Waals surface area contributed by atoms with Crippen LogP contribution in [0.4, 0.5) is 10.5 Å². The van der Waals surface area contributed by atoms with E-state index < -0.39 is 41.5 Å². The molecular weight excluding hydrogens is 524 g/mol. The van der Waals surface area contributed by atoms with E-state index in [0.717, 1.165) is 10.8 Å². The molecule has 0 radical (unpaired) electrons. The van der Waals surface area contributed by atoms with Gasteiger partial charge in [-0.15, -0.1) is 0 Å². The molecule has 0 aliphatic heterocycles. The van der Waals surface area contributed by atoms with E-state index in [1.807, 2.05) is 43.3 Å². The van der Waals surface area contributed by atoms with E-state index in [2.05, 4.69) is 10.6 Å². The fraction of sp³-hybridized carbons (Fsp3) is 0.355. The van der Waals surface area contributed by atoms with Crippen LogP contribution in [0.1, 0.15) is 58.6 Å². The van der Waals surface area contributed by atoms with Crippen LogP contribution >= 0.6 is 0 Å². The first-order valence-electron chi connectivity index (χ1n) is 13.6. The molecule has 3 aromatic carbocycles. The third-order valence-corrected chi connectivity index (χ3v) is 6.22. The number of amides is 4. The Hall–Kier alpha value is -4.60. The number of alkyl carbamates (subject to hydrolysis) is 1. The smallest absolute Gasteiger partial charge is 0.408 e. The van der Waals surface area contributed by atoms with Gasteiger partial charge in [0.25, 0.3) is 5.91 Å². The van der Waals surface area contributed by atoms with Crippen molar-refractivity contribution in [2.45, 2.75) is 64.6 Å². The van der Waals surface area contributed by atoms with Crippen molar-refractivity contribution in [3.05, 3.63) is 72.3 Å². The SMILES string of the molecule is CCCN(C(=O)C(CCC(N)=O)NC(=O)OC(C)(C)C)C(C(=O)Nc1ccc2ccccc2c1)c1ccccc1O. The largest absolute Gasteiger partial charge is 0.508 e. The predicted molar refractivity (Wildman–Crippen MR) is 157 cm³/mol. The number of hydrogen-bond acceptors (Lipinski definition) is 6. The van der Waals surface area contributed by atoms with Gasteiger partial charge in [-0.1, -0.05) is 55.5 Å². The highest BCUT2D eigenvalue weighted by molar-refractivity contribution is 6.00. The quantitative estimate of drug-likeness (QED) is 0.268. The molecule has 10 heteroatoms. The first-order valence-corrected chi connectivity index (χ1v) is 13.6. The molecular formula is C31H38N4O6. The number of nitrogens with zero attached hydrogens (tertiary/aromatic N) is 1. The van der Waals surface area contributed by atoms with Crippen molar-refractivity contribution in [3.8, 4) is 5.75 Å². The summed E-state index contributed by atoms with van der Waals surface area (Å²) in [6.45, 7) is 7.00. The number of nitrogens with two attached hydrogens (primary N) is 1. The molecule has 0 aliphatic carbocycles. The normalized spacial score (nSPS) is 12.7. The zero-order chi connectivity index (χ0) is 30.2. The van der Waals surface area contributed by atoms with Gasteiger partial charge in [0, 0.05) is 24.2 Å². The molecule has 0 aliphatic rings. The second-order valence-corrected chi connectivity index (χ2v) is 10.7. The minimum absolute atomic E-state index is 0.104. The van der Waals surface area contributed by atoms with E-state index in [1.54, 1.807) is 45.0 Å². The van der Waals surface area contributed by atoms with Crippen LogP contribution in [0.15, 0.2) is 66.7 Å². The third kappa shape index (κ3) is 8.69. The molecule has 0 spiro atoms. The first kappa shape index (κ1) is 30.9. The summed E-state index contributed by atoms with van der Waals surface area (Å²) in [5.41, 5.74) is 5.23. The molecule has 2 unspecified atom stereocenters. The van der Waals surface area contributed by atoms with E-state index in [4.69, 9.17) is 10.5 Å². The van der Waals surface area contributed by atoms with Crippen LogP contribution < -0.4 is 16.4 Å². The molecule has 0 fully saturated rings. The van der Waals surface area contributed by atoms with E-state index in [9.17, 15) is 24.3 Å². The van der Waals surface area contributed by atoms with E-state index in [-0.39, 0.29) is 30.7 Å². The molecule has 0 heterocycles. The molecule has 3 aromatic rings. The van der Waals surface area contributed by atoms with Gasteiger partial charge in [0.1, 0.15) is 23.4 Å².